The fourth-order valence-corrected chi connectivity index (χ4v) is 13.1. The van der Waals surface area contributed by atoms with Gasteiger partial charge < -0.3 is 14.4 Å². The van der Waals surface area contributed by atoms with E-state index in [-0.39, 0.29) is 17.5 Å². The minimum Gasteiger partial charge on any atom is -0.311 e. The second-order valence-corrected chi connectivity index (χ2v) is 23.3. The summed E-state index contributed by atoms with van der Waals surface area (Å²) in [5.41, 5.74) is 27.1. The molecule has 11 aromatic carbocycles. The average molecular weight is 974 g/mol. The highest BCUT2D eigenvalue weighted by Crippen LogP contribution is 2.52. The molecule has 0 N–H and O–H groups in total. The quantitative estimate of drug-likeness (QED) is 0.154. The number of nitrogens with zero attached hydrogens (tertiary/aromatic N) is 3. The Morgan fingerprint density at radius 2 is 0.921 bits per heavy atom. The molecule has 0 fully saturated rings. The standard InChI is InChI=1S/C72H56BN3/c1-71(2,3)50-29-36-54(37-30-50)75-62-41-31-51(72(4,5)6)42-61(62)73-60-39-38-59-57-22-14-13-21-56(57)58-23-15-20-49-28-40-63-68(66(49)58)67(59)70(60)76(63)65-44-55(43-64(75)69(65)73)74(52-32-24-47(25-33-52)45-16-9-7-10-17-45)53-34-26-48(27-35-53)46-18-11-8-12-19-46/h7-44H,1-6H3. The van der Waals surface area contributed by atoms with E-state index in [9.17, 15) is 0 Å². The highest BCUT2D eigenvalue weighted by Gasteiger charge is 2.44. The molecule has 3 nitrogen and oxygen atoms in total. The summed E-state index contributed by atoms with van der Waals surface area (Å²) in [7, 11) is 0. The minimum atomic E-state index is -0.0612. The third-order valence-corrected chi connectivity index (χ3v) is 16.8. The van der Waals surface area contributed by atoms with Crippen LogP contribution in [-0.4, -0.2) is 11.3 Å². The average Bonchev–Trinajstić information content (AvgIpc) is 3.95. The van der Waals surface area contributed by atoms with Crippen molar-refractivity contribution in [1.82, 2.24) is 4.57 Å². The lowest BCUT2D eigenvalue weighted by Gasteiger charge is -2.42. The SMILES string of the molecule is CC(C)(C)c1ccc(N2c3ccc(C(C)(C)C)cc3B3c4c2cc(N(c2ccc(-c5ccccc5)cc2)c2ccc(-c5ccccc5)cc2)cc4-n2c4ccc5cccc6c5c4c4c(ccc3c42)-c2ccccc2-6)cc1. The zero-order valence-electron chi connectivity index (χ0n) is 43.9. The van der Waals surface area contributed by atoms with Crippen molar-refractivity contribution < 1.29 is 0 Å². The van der Waals surface area contributed by atoms with Crippen molar-refractivity contribution in [2.75, 3.05) is 9.80 Å². The summed E-state index contributed by atoms with van der Waals surface area (Å²) in [5.74, 6) is 0. The number of fused-ring (bicyclic) bond motifs is 8. The number of hydrogen-bond donors (Lipinski definition) is 0. The molecule has 12 aromatic rings. The number of aromatic nitrogens is 1. The number of hydrogen-bond acceptors (Lipinski definition) is 2. The van der Waals surface area contributed by atoms with Crippen LogP contribution >= 0.6 is 0 Å². The van der Waals surface area contributed by atoms with E-state index in [1.54, 1.807) is 0 Å². The highest BCUT2D eigenvalue weighted by atomic mass is 15.2. The van der Waals surface area contributed by atoms with Crippen molar-refractivity contribution in [2.24, 2.45) is 0 Å². The second kappa shape index (κ2) is 16.3. The maximum Gasteiger partial charge on any atom is 0.252 e. The Morgan fingerprint density at radius 3 is 1.54 bits per heavy atom. The van der Waals surface area contributed by atoms with Crippen LogP contribution in [0.3, 0.4) is 0 Å². The molecule has 0 saturated heterocycles. The zero-order chi connectivity index (χ0) is 51.2. The molecule has 4 heteroatoms. The van der Waals surface area contributed by atoms with Crippen LogP contribution in [0.5, 0.6) is 0 Å². The van der Waals surface area contributed by atoms with Crippen LogP contribution in [0.25, 0.3) is 82.8 Å². The Morgan fingerprint density at radius 1 is 0.368 bits per heavy atom. The van der Waals surface area contributed by atoms with Crippen LogP contribution < -0.4 is 26.2 Å². The molecular formula is C72H56BN3. The van der Waals surface area contributed by atoms with Crippen LogP contribution in [0.15, 0.2) is 231 Å². The first-order valence-corrected chi connectivity index (χ1v) is 26.9. The van der Waals surface area contributed by atoms with Gasteiger partial charge in [-0.05, 0) is 154 Å². The predicted octanol–water partition coefficient (Wildman–Crippen LogP) is 17.6. The summed E-state index contributed by atoms with van der Waals surface area (Å²) in [5, 5.41) is 5.26. The first-order chi connectivity index (χ1) is 37.0. The Balaban J connectivity index is 1.07. The molecule has 2 aliphatic heterocycles. The third kappa shape index (κ3) is 6.63. The van der Waals surface area contributed by atoms with E-state index in [1.807, 2.05) is 0 Å². The van der Waals surface area contributed by atoms with E-state index >= 15 is 0 Å². The maximum atomic E-state index is 2.67. The molecule has 1 aromatic heterocycles. The lowest BCUT2D eigenvalue weighted by Crippen LogP contribution is -2.60. The van der Waals surface area contributed by atoms with Crippen LogP contribution in [0.4, 0.5) is 34.1 Å². The van der Waals surface area contributed by atoms with Gasteiger partial charge in [0.05, 0.1) is 16.7 Å². The fraction of sp³-hybridized carbons (Fsp3) is 0.111. The minimum absolute atomic E-state index is 0.00723. The lowest BCUT2D eigenvalue weighted by molar-refractivity contribution is 0.590. The fourth-order valence-electron chi connectivity index (χ4n) is 13.1. The van der Waals surface area contributed by atoms with Gasteiger partial charge in [-0.3, -0.25) is 0 Å². The van der Waals surface area contributed by atoms with Crippen LogP contribution in [-0.2, 0) is 10.8 Å². The summed E-state index contributed by atoms with van der Waals surface area (Å²) in [6.07, 6.45) is 0. The molecule has 0 unspecified atom stereocenters. The Hall–Kier alpha value is -8.86. The molecule has 3 heterocycles. The van der Waals surface area contributed by atoms with Crippen LogP contribution in [0.2, 0.25) is 0 Å². The lowest BCUT2D eigenvalue weighted by atomic mass is 9.33. The van der Waals surface area contributed by atoms with E-state index < -0.39 is 0 Å². The summed E-state index contributed by atoms with van der Waals surface area (Å²) in [4.78, 5) is 5.06. The summed E-state index contributed by atoms with van der Waals surface area (Å²) >= 11 is 0. The van der Waals surface area contributed by atoms with Gasteiger partial charge in [0, 0.05) is 44.9 Å². The van der Waals surface area contributed by atoms with Gasteiger partial charge in [-0.1, -0.05) is 211 Å². The summed E-state index contributed by atoms with van der Waals surface area (Å²) < 4.78 is 2.67. The van der Waals surface area contributed by atoms with Crippen molar-refractivity contribution in [1.29, 1.82) is 0 Å². The van der Waals surface area contributed by atoms with Gasteiger partial charge in [-0.25, -0.2) is 0 Å². The van der Waals surface area contributed by atoms with E-state index in [4.69, 9.17) is 0 Å². The number of benzene rings is 11. The highest BCUT2D eigenvalue weighted by molar-refractivity contribution is 7.00. The topological polar surface area (TPSA) is 11.4 Å². The van der Waals surface area contributed by atoms with Crippen molar-refractivity contribution in [3.63, 3.8) is 0 Å². The van der Waals surface area contributed by atoms with Crippen molar-refractivity contribution in [2.45, 2.75) is 52.4 Å². The largest absolute Gasteiger partial charge is 0.311 e. The molecule has 0 bridgehead atoms. The first-order valence-electron chi connectivity index (χ1n) is 26.9. The maximum absolute atomic E-state index is 2.67. The second-order valence-electron chi connectivity index (χ2n) is 23.3. The Bertz CT molecular complexity index is 4250. The first kappa shape index (κ1) is 44.6. The van der Waals surface area contributed by atoms with Gasteiger partial charge in [-0.2, -0.15) is 0 Å². The van der Waals surface area contributed by atoms with E-state index in [0.29, 0.717) is 0 Å². The molecule has 15 rings (SSSR count). The molecule has 362 valence electrons. The number of rotatable bonds is 6. The van der Waals surface area contributed by atoms with Gasteiger partial charge in [0.1, 0.15) is 0 Å². The van der Waals surface area contributed by atoms with Crippen molar-refractivity contribution in [3.05, 3.63) is 242 Å². The molecule has 0 spiro atoms. The molecule has 0 radical (unpaired) electrons. The van der Waals surface area contributed by atoms with Crippen molar-refractivity contribution in [3.8, 4) is 50.2 Å². The van der Waals surface area contributed by atoms with E-state index in [2.05, 4.69) is 286 Å². The van der Waals surface area contributed by atoms with E-state index in [1.165, 1.54) is 122 Å². The molecular weight excluding hydrogens is 918 g/mol. The smallest absolute Gasteiger partial charge is 0.252 e. The van der Waals surface area contributed by atoms with Crippen LogP contribution in [0, 0.1) is 0 Å². The monoisotopic (exact) mass is 973 g/mol. The third-order valence-electron chi connectivity index (χ3n) is 16.8. The molecule has 0 amide bonds. The predicted molar refractivity (Wildman–Crippen MR) is 325 cm³/mol. The summed E-state index contributed by atoms with van der Waals surface area (Å²) in [6.45, 7) is 13.9. The molecule has 3 aliphatic rings. The Labute approximate surface area is 446 Å². The van der Waals surface area contributed by atoms with Gasteiger partial charge in [0.25, 0.3) is 6.71 Å². The van der Waals surface area contributed by atoms with Gasteiger partial charge >= 0.3 is 0 Å². The van der Waals surface area contributed by atoms with Gasteiger partial charge in [0.15, 0.2) is 0 Å². The number of anilines is 6. The van der Waals surface area contributed by atoms with E-state index in [0.717, 1.165) is 22.7 Å². The molecule has 1 aliphatic carbocycles. The van der Waals surface area contributed by atoms with Crippen molar-refractivity contribution >= 4 is 89.8 Å². The van der Waals surface area contributed by atoms with Gasteiger partial charge in [0.2, 0.25) is 0 Å². The molecule has 0 atom stereocenters. The Kier molecular flexibility index (Phi) is 9.58. The summed E-state index contributed by atoms with van der Waals surface area (Å²) in [6, 6.07) is 87.2. The molecule has 0 saturated carbocycles. The van der Waals surface area contributed by atoms with Gasteiger partial charge in [-0.15, -0.1) is 0 Å². The molecule has 76 heavy (non-hydrogen) atoms. The zero-order valence-corrected chi connectivity index (χ0v) is 43.9. The van der Waals surface area contributed by atoms with Crippen LogP contribution in [0.1, 0.15) is 52.7 Å². The normalized spacial score (nSPS) is 13.1.